The van der Waals surface area contributed by atoms with Crippen molar-refractivity contribution in [3.63, 3.8) is 0 Å². The molecule has 1 aromatic carbocycles. The van der Waals surface area contributed by atoms with E-state index >= 15 is 0 Å². The number of nitrogens with zero attached hydrogens (tertiary/aromatic N) is 2. The van der Waals surface area contributed by atoms with Crippen LogP contribution in [0.25, 0.3) is 10.9 Å². The van der Waals surface area contributed by atoms with Crippen molar-refractivity contribution in [3.05, 3.63) is 30.0 Å². The normalized spacial score (nSPS) is 16.1. The summed E-state index contributed by atoms with van der Waals surface area (Å²) < 4.78 is 36.6. The number of halogens is 3. The van der Waals surface area contributed by atoms with Crippen molar-refractivity contribution in [2.75, 3.05) is 13.1 Å². The Bertz CT molecular complexity index is 662. The number of carbonyl (C=O) groups is 1. The highest BCUT2D eigenvalue weighted by molar-refractivity contribution is 5.84. The second-order valence-corrected chi connectivity index (χ2v) is 4.53. The van der Waals surface area contributed by atoms with Gasteiger partial charge in [-0.15, -0.1) is 5.10 Å². The number of fused-ring (bicyclic) bond motifs is 1. The summed E-state index contributed by atoms with van der Waals surface area (Å²) in [6.45, 7) is 1.62. The van der Waals surface area contributed by atoms with Gasteiger partial charge in [-0.1, -0.05) is 17.0 Å². The molecule has 2 aromatic rings. The van der Waals surface area contributed by atoms with E-state index in [0.29, 0.717) is 21.7 Å². The lowest BCUT2D eigenvalue weighted by atomic mass is 9.91. The zero-order chi connectivity index (χ0) is 14.3. The van der Waals surface area contributed by atoms with Crippen LogP contribution in [0.2, 0.25) is 0 Å². The first-order valence-corrected chi connectivity index (χ1v) is 5.93. The number of aromatic nitrogens is 2. The van der Waals surface area contributed by atoms with Crippen molar-refractivity contribution >= 4 is 16.9 Å². The highest BCUT2D eigenvalue weighted by Gasteiger charge is 2.42. The quantitative estimate of drug-likeness (QED) is 0.902. The van der Waals surface area contributed by atoms with Crippen LogP contribution in [-0.2, 0) is 4.79 Å². The molecule has 2 heterocycles. The van der Waals surface area contributed by atoms with E-state index < -0.39 is 12.1 Å². The lowest BCUT2D eigenvalue weighted by Crippen LogP contribution is -2.39. The number of carbonyl (C=O) groups excluding carboxylic acids is 1. The molecule has 0 saturated carbocycles. The Morgan fingerprint density at radius 1 is 1.40 bits per heavy atom. The zero-order valence-corrected chi connectivity index (χ0v) is 10.1. The molecule has 3 rings (SSSR count). The summed E-state index contributed by atoms with van der Waals surface area (Å²) in [4.78, 5) is 15.7. The van der Waals surface area contributed by atoms with Gasteiger partial charge in [0.15, 0.2) is 0 Å². The fourth-order valence-corrected chi connectivity index (χ4v) is 2.12. The molecule has 0 aliphatic carbocycles. The number of hydrogen-bond donors (Lipinski definition) is 1. The van der Waals surface area contributed by atoms with Gasteiger partial charge in [-0.05, 0) is 11.6 Å². The minimum atomic E-state index is -5.05. The van der Waals surface area contributed by atoms with Crippen molar-refractivity contribution in [1.82, 2.24) is 15.3 Å². The van der Waals surface area contributed by atoms with Gasteiger partial charge >= 0.3 is 12.1 Å². The van der Waals surface area contributed by atoms with Crippen molar-refractivity contribution in [3.8, 4) is 0 Å². The SMILES string of the molecule is O=C(On1ncc2c(C3CNC3)cccc21)C(F)(F)F. The first-order valence-electron chi connectivity index (χ1n) is 5.93. The fraction of sp³-hybridized carbons (Fsp3) is 0.333. The summed E-state index contributed by atoms with van der Waals surface area (Å²) in [5, 5.41) is 7.51. The second-order valence-electron chi connectivity index (χ2n) is 4.53. The number of rotatable bonds is 2. The summed E-state index contributed by atoms with van der Waals surface area (Å²) in [6, 6.07) is 5.16. The maximum absolute atomic E-state index is 12.2. The molecule has 1 fully saturated rings. The van der Waals surface area contributed by atoms with Crippen LogP contribution in [0.3, 0.4) is 0 Å². The van der Waals surface area contributed by atoms with Gasteiger partial charge in [-0.25, -0.2) is 4.79 Å². The molecule has 106 valence electrons. The van der Waals surface area contributed by atoms with Gasteiger partial charge in [-0.2, -0.15) is 13.2 Å². The molecular weight excluding hydrogens is 275 g/mol. The lowest BCUT2D eigenvalue weighted by molar-refractivity contribution is -0.200. The molecule has 0 atom stereocenters. The topological polar surface area (TPSA) is 56.2 Å². The van der Waals surface area contributed by atoms with Crippen LogP contribution in [0.4, 0.5) is 13.2 Å². The Morgan fingerprint density at radius 2 is 2.15 bits per heavy atom. The molecule has 0 unspecified atom stereocenters. The molecular formula is C12H10F3N3O2. The molecule has 0 amide bonds. The van der Waals surface area contributed by atoms with E-state index in [1.54, 1.807) is 12.1 Å². The average molecular weight is 285 g/mol. The summed E-state index contributed by atoms with van der Waals surface area (Å²) in [5.41, 5.74) is 1.32. The predicted molar refractivity (Wildman–Crippen MR) is 63.0 cm³/mol. The van der Waals surface area contributed by atoms with Crippen molar-refractivity contribution in [2.24, 2.45) is 0 Å². The number of hydrogen-bond acceptors (Lipinski definition) is 4. The minimum absolute atomic E-state index is 0.301. The second kappa shape index (κ2) is 4.48. The van der Waals surface area contributed by atoms with E-state index in [4.69, 9.17) is 0 Å². The van der Waals surface area contributed by atoms with Gasteiger partial charge in [0.05, 0.1) is 6.20 Å². The molecule has 1 saturated heterocycles. The number of alkyl halides is 3. The average Bonchev–Trinajstić information content (AvgIpc) is 2.70. The first-order chi connectivity index (χ1) is 9.47. The molecule has 1 aliphatic rings. The van der Waals surface area contributed by atoms with Gasteiger partial charge in [0.2, 0.25) is 0 Å². The molecule has 0 radical (unpaired) electrons. The first kappa shape index (κ1) is 12.9. The fourth-order valence-electron chi connectivity index (χ4n) is 2.12. The van der Waals surface area contributed by atoms with E-state index in [-0.39, 0.29) is 0 Å². The zero-order valence-electron chi connectivity index (χ0n) is 10.1. The van der Waals surface area contributed by atoms with Gasteiger partial charge in [-0.3, -0.25) is 0 Å². The van der Waals surface area contributed by atoms with E-state index in [1.165, 1.54) is 6.20 Å². The van der Waals surface area contributed by atoms with Gasteiger partial charge < -0.3 is 10.2 Å². The molecule has 1 aromatic heterocycles. The van der Waals surface area contributed by atoms with Crippen LogP contribution in [0.15, 0.2) is 24.4 Å². The van der Waals surface area contributed by atoms with E-state index in [1.807, 2.05) is 6.07 Å². The number of nitrogens with one attached hydrogen (secondary N) is 1. The molecule has 0 bridgehead atoms. The molecule has 0 spiro atoms. The van der Waals surface area contributed by atoms with Crippen LogP contribution in [-0.4, -0.2) is 35.2 Å². The van der Waals surface area contributed by atoms with Gasteiger partial charge in [0.25, 0.3) is 0 Å². The largest absolute Gasteiger partial charge is 0.493 e. The van der Waals surface area contributed by atoms with Gasteiger partial charge in [0.1, 0.15) is 5.52 Å². The van der Waals surface area contributed by atoms with Crippen molar-refractivity contribution in [1.29, 1.82) is 0 Å². The Balaban J connectivity index is 1.95. The van der Waals surface area contributed by atoms with Crippen LogP contribution >= 0.6 is 0 Å². The Labute approximate surface area is 111 Å². The minimum Gasteiger partial charge on any atom is -0.315 e. The molecule has 20 heavy (non-hydrogen) atoms. The molecule has 8 heteroatoms. The summed E-state index contributed by atoms with van der Waals surface area (Å²) in [7, 11) is 0. The van der Waals surface area contributed by atoms with Crippen molar-refractivity contribution < 1.29 is 22.8 Å². The maximum atomic E-state index is 12.2. The van der Waals surface area contributed by atoms with Crippen LogP contribution in [0.5, 0.6) is 0 Å². The highest BCUT2D eigenvalue weighted by Crippen LogP contribution is 2.28. The third-order valence-electron chi connectivity index (χ3n) is 3.24. The van der Waals surface area contributed by atoms with Crippen LogP contribution in [0.1, 0.15) is 11.5 Å². The third kappa shape index (κ3) is 2.11. The summed E-state index contributed by atoms with van der Waals surface area (Å²) >= 11 is 0. The lowest BCUT2D eigenvalue weighted by Gasteiger charge is -2.27. The monoisotopic (exact) mass is 285 g/mol. The van der Waals surface area contributed by atoms with Crippen LogP contribution in [0, 0.1) is 0 Å². The van der Waals surface area contributed by atoms with Crippen LogP contribution < -0.4 is 10.2 Å². The number of benzene rings is 1. The summed E-state index contributed by atoms with van der Waals surface area (Å²) in [6.07, 6.45) is -3.64. The maximum Gasteiger partial charge on any atom is 0.493 e. The molecule has 5 nitrogen and oxygen atoms in total. The Hall–Kier alpha value is -2.09. The smallest absolute Gasteiger partial charge is 0.315 e. The molecule has 1 aliphatic heterocycles. The Morgan fingerprint density at radius 3 is 2.75 bits per heavy atom. The Kier molecular flexibility index (Phi) is 2.89. The van der Waals surface area contributed by atoms with E-state index in [9.17, 15) is 18.0 Å². The van der Waals surface area contributed by atoms with E-state index in [2.05, 4.69) is 15.3 Å². The van der Waals surface area contributed by atoms with E-state index in [0.717, 1.165) is 18.7 Å². The predicted octanol–water partition coefficient (Wildman–Crippen LogP) is 1.24. The summed E-state index contributed by atoms with van der Waals surface area (Å²) in [5.74, 6) is -1.99. The third-order valence-corrected chi connectivity index (χ3v) is 3.24. The molecule has 1 N–H and O–H groups in total. The van der Waals surface area contributed by atoms with Crippen molar-refractivity contribution in [2.45, 2.75) is 12.1 Å². The highest BCUT2D eigenvalue weighted by atomic mass is 19.4. The van der Waals surface area contributed by atoms with Gasteiger partial charge in [0, 0.05) is 24.4 Å². The standard InChI is InChI=1S/C12H10F3N3O2/c13-12(14,15)11(19)20-18-10-3-1-2-8(7-4-16-5-7)9(10)6-17-18/h1-3,6-7,16H,4-5H2.